The number of rotatable bonds is 4. The zero-order valence-electron chi connectivity index (χ0n) is 9.99. The molecule has 0 atom stereocenters. The van der Waals surface area contributed by atoms with E-state index in [9.17, 15) is 0 Å². The topological polar surface area (TPSA) is 22.1 Å². The van der Waals surface area contributed by atoms with Crippen LogP contribution in [0.1, 0.15) is 18.2 Å². The Morgan fingerprint density at radius 3 is 2.78 bits per heavy atom. The zero-order valence-corrected chi connectivity index (χ0v) is 12.9. The average molecular weight is 374 g/mol. The van der Waals surface area contributed by atoms with E-state index < -0.39 is 0 Å². The van der Waals surface area contributed by atoms with Gasteiger partial charge in [0.1, 0.15) is 5.75 Å². The minimum atomic E-state index is 0.470. The fourth-order valence-corrected chi connectivity index (χ4v) is 2.25. The first-order chi connectivity index (χ1) is 8.71. The monoisotopic (exact) mass is 373 g/mol. The minimum Gasteiger partial charge on any atom is -0.439 e. The number of nitrogens with zero attached hydrogens (tertiary/aromatic N) is 1. The van der Waals surface area contributed by atoms with Crippen LogP contribution in [0.5, 0.6) is 11.6 Å². The van der Waals surface area contributed by atoms with Gasteiger partial charge in [-0.1, -0.05) is 13.0 Å². The van der Waals surface area contributed by atoms with Crippen LogP contribution in [0.15, 0.2) is 36.4 Å². The summed E-state index contributed by atoms with van der Waals surface area (Å²) in [5.74, 6) is 1.87. The van der Waals surface area contributed by atoms with Gasteiger partial charge in [0.25, 0.3) is 0 Å². The Morgan fingerprint density at radius 1 is 1.28 bits per heavy atom. The number of pyridine rings is 1. The Balaban J connectivity index is 2.28. The van der Waals surface area contributed by atoms with E-state index in [0.29, 0.717) is 11.8 Å². The van der Waals surface area contributed by atoms with Crippen LogP contribution in [0.2, 0.25) is 0 Å². The first-order valence-corrected chi connectivity index (χ1v) is 7.32. The molecule has 1 heterocycles. The Bertz CT molecular complexity index is 523. The molecule has 0 unspecified atom stereocenters. The summed E-state index contributed by atoms with van der Waals surface area (Å²) < 4.78 is 6.90. The van der Waals surface area contributed by atoms with E-state index >= 15 is 0 Å². The first-order valence-electron chi connectivity index (χ1n) is 5.70. The summed E-state index contributed by atoms with van der Waals surface area (Å²) in [5.41, 5.74) is 2.03. The van der Waals surface area contributed by atoms with Crippen LogP contribution in [-0.2, 0) is 12.3 Å². The van der Waals surface area contributed by atoms with E-state index in [1.54, 1.807) is 0 Å². The van der Waals surface area contributed by atoms with Gasteiger partial charge in [0.15, 0.2) is 0 Å². The number of hydrogen-bond donors (Lipinski definition) is 0. The smallest absolute Gasteiger partial charge is 0.219 e. The van der Waals surface area contributed by atoms with Crippen molar-refractivity contribution in [1.29, 1.82) is 0 Å². The lowest BCUT2D eigenvalue weighted by atomic mass is 10.2. The van der Waals surface area contributed by atoms with Gasteiger partial charge < -0.3 is 4.74 Å². The molecule has 2 nitrogen and oxygen atoms in total. The van der Waals surface area contributed by atoms with Crippen molar-refractivity contribution in [2.24, 2.45) is 0 Å². The second kappa shape index (κ2) is 6.38. The summed E-state index contributed by atoms with van der Waals surface area (Å²) in [5, 5.41) is 0. The number of halogens is 2. The van der Waals surface area contributed by atoms with Crippen LogP contribution in [0.3, 0.4) is 0 Å². The van der Waals surface area contributed by atoms with Crippen LogP contribution in [-0.4, -0.2) is 4.98 Å². The van der Waals surface area contributed by atoms with E-state index in [1.807, 2.05) is 36.4 Å². The molecule has 0 aliphatic carbocycles. The fraction of sp³-hybridized carbons (Fsp3) is 0.214. The number of aryl methyl sites for hydroxylation is 1. The number of benzene rings is 1. The van der Waals surface area contributed by atoms with E-state index in [1.165, 1.54) is 0 Å². The summed E-state index contributed by atoms with van der Waals surface area (Å²) in [6, 6.07) is 11.8. The van der Waals surface area contributed by atoms with Crippen molar-refractivity contribution in [2.45, 2.75) is 19.2 Å². The predicted molar refractivity (Wildman–Crippen MR) is 82.4 cm³/mol. The number of alkyl halides is 1. The predicted octanol–water partition coefficient (Wildman–Crippen LogP) is 4.78. The molecule has 18 heavy (non-hydrogen) atoms. The standard InChI is InChI=1S/C14H13ClINO/c1-2-12-6-10(9-15)7-14(17-12)18-13-5-3-4-11(16)8-13/h3-8H,2,9H2,1H3. The van der Waals surface area contributed by atoms with Crippen LogP contribution >= 0.6 is 34.2 Å². The van der Waals surface area contributed by atoms with Gasteiger partial charge in [-0.3, -0.25) is 0 Å². The van der Waals surface area contributed by atoms with Gasteiger partial charge in [0.2, 0.25) is 5.88 Å². The van der Waals surface area contributed by atoms with Gasteiger partial charge in [-0.2, -0.15) is 0 Å². The van der Waals surface area contributed by atoms with E-state index in [4.69, 9.17) is 16.3 Å². The molecule has 94 valence electrons. The second-order valence-electron chi connectivity index (χ2n) is 3.85. The molecule has 1 aromatic carbocycles. The molecular formula is C14H13ClINO. The molecule has 0 spiro atoms. The third-order valence-electron chi connectivity index (χ3n) is 2.45. The SMILES string of the molecule is CCc1cc(CCl)cc(Oc2cccc(I)c2)n1. The summed E-state index contributed by atoms with van der Waals surface area (Å²) >= 11 is 8.13. The highest BCUT2D eigenvalue weighted by Gasteiger charge is 2.04. The maximum absolute atomic E-state index is 5.87. The molecule has 0 saturated heterocycles. The lowest BCUT2D eigenvalue weighted by Crippen LogP contribution is -1.95. The highest BCUT2D eigenvalue weighted by Crippen LogP contribution is 2.23. The normalized spacial score (nSPS) is 10.4. The molecule has 2 rings (SSSR count). The number of aromatic nitrogens is 1. The van der Waals surface area contributed by atoms with Crippen molar-refractivity contribution in [1.82, 2.24) is 4.98 Å². The third-order valence-corrected chi connectivity index (χ3v) is 3.43. The molecule has 0 aliphatic rings. The van der Waals surface area contributed by atoms with Crippen LogP contribution in [0, 0.1) is 3.57 Å². The summed E-state index contributed by atoms with van der Waals surface area (Å²) in [6.07, 6.45) is 0.868. The molecule has 0 fully saturated rings. The Labute approximate surface area is 125 Å². The Hall–Kier alpha value is -0.810. The van der Waals surface area contributed by atoms with Crippen molar-refractivity contribution in [3.63, 3.8) is 0 Å². The Morgan fingerprint density at radius 2 is 2.11 bits per heavy atom. The lowest BCUT2D eigenvalue weighted by Gasteiger charge is -2.08. The van der Waals surface area contributed by atoms with Crippen LogP contribution in [0.4, 0.5) is 0 Å². The minimum absolute atomic E-state index is 0.470. The van der Waals surface area contributed by atoms with Crippen molar-refractivity contribution in [3.8, 4) is 11.6 Å². The van der Waals surface area contributed by atoms with Crippen molar-refractivity contribution in [2.75, 3.05) is 0 Å². The molecule has 0 radical (unpaired) electrons. The van der Waals surface area contributed by atoms with Crippen LogP contribution in [0.25, 0.3) is 0 Å². The largest absolute Gasteiger partial charge is 0.439 e. The van der Waals surface area contributed by atoms with Gasteiger partial charge >= 0.3 is 0 Å². The van der Waals surface area contributed by atoms with E-state index in [-0.39, 0.29) is 0 Å². The molecule has 0 aliphatic heterocycles. The maximum Gasteiger partial charge on any atom is 0.219 e. The molecule has 2 aromatic rings. The molecule has 0 amide bonds. The zero-order chi connectivity index (χ0) is 13.0. The van der Waals surface area contributed by atoms with Gasteiger partial charge in [-0.05, 0) is 58.8 Å². The van der Waals surface area contributed by atoms with Gasteiger partial charge in [0.05, 0.1) is 0 Å². The molecule has 0 saturated carbocycles. The van der Waals surface area contributed by atoms with Gasteiger partial charge in [0, 0.05) is 21.2 Å². The molecule has 0 bridgehead atoms. The summed E-state index contributed by atoms with van der Waals surface area (Å²) in [4.78, 5) is 4.44. The molecule has 1 aromatic heterocycles. The summed E-state index contributed by atoms with van der Waals surface area (Å²) in [6.45, 7) is 2.07. The summed E-state index contributed by atoms with van der Waals surface area (Å²) in [7, 11) is 0. The molecule has 4 heteroatoms. The quantitative estimate of drug-likeness (QED) is 0.568. The van der Waals surface area contributed by atoms with Crippen molar-refractivity contribution < 1.29 is 4.74 Å². The molecule has 0 N–H and O–H groups in total. The van der Waals surface area contributed by atoms with E-state index in [2.05, 4.69) is 34.5 Å². The highest BCUT2D eigenvalue weighted by atomic mass is 127. The van der Waals surface area contributed by atoms with Crippen LogP contribution < -0.4 is 4.74 Å². The van der Waals surface area contributed by atoms with Gasteiger partial charge in [-0.15, -0.1) is 11.6 Å². The van der Waals surface area contributed by atoms with Crippen molar-refractivity contribution in [3.05, 3.63) is 51.2 Å². The average Bonchev–Trinajstić information content (AvgIpc) is 2.38. The molecular weight excluding hydrogens is 361 g/mol. The van der Waals surface area contributed by atoms with Crippen molar-refractivity contribution >= 4 is 34.2 Å². The Kier molecular flexibility index (Phi) is 4.83. The van der Waals surface area contributed by atoms with Gasteiger partial charge in [-0.25, -0.2) is 4.98 Å². The third kappa shape index (κ3) is 3.59. The first kappa shape index (κ1) is 13.6. The van der Waals surface area contributed by atoms with E-state index in [0.717, 1.165) is 27.0 Å². The maximum atomic E-state index is 5.87. The number of hydrogen-bond acceptors (Lipinski definition) is 2. The fourth-order valence-electron chi connectivity index (χ4n) is 1.58. The second-order valence-corrected chi connectivity index (χ2v) is 5.36. The highest BCUT2D eigenvalue weighted by molar-refractivity contribution is 14.1. The lowest BCUT2D eigenvalue weighted by molar-refractivity contribution is 0.460. The number of ether oxygens (including phenoxy) is 1.